The SMILES string of the molecule is C.CC.CC=N.CSc1cc(-c2cnn3cc(-c4ccc(CCN5CCCCC5)cc4)cnc23)cc(C(F)(F)F)c1. The molecule has 5 rings (SSSR count). The van der Waals surface area contributed by atoms with Gasteiger partial charge in [0.05, 0.1) is 11.8 Å². The minimum atomic E-state index is -4.41. The quantitative estimate of drug-likeness (QED) is 0.181. The molecule has 2 aromatic heterocycles. The van der Waals surface area contributed by atoms with Crippen molar-refractivity contribution in [3.05, 3.63) is 72.2 Å². The normalized spacial score (nSPS) is 13.3. The molecule has 3 heterocycles. The number of halogens is 3. The summed E-state index contributed by atoms with van der Waals surface area (Å²) in [7, 11) is 0. The second kappa shape index (κ2) is 16.3. The Kier molecular flexibility index (Phi) is 13.5. The highest BCUT2D eigenvalue weighted by molar-refractivity contribution is 7.98. The molecule has 4 aromatic rings. The molecule has 1 fully saturated rings. The van der Waals surface area contributed by atoms with Gasteiger partial charge in [-0.15, -0.1) is 11.8 Å². The number of aromatic nitrogens is 3. The molecule has 0 atom stereocenters. The number of rotatable bonds is 6. The predicted molar refractivity (Wildman–Crippen MR) is 167 cm³/mol. The van der Waals surface area contributed by atoms with E-state index in [1.54, 1.807) is 36.2 Å². The lowest BCUT2D eigenvalue weighted by atomic mass is 10.0. The summed E-state index contributed by atoms with van der Waals surface area (Å²) in [6.07, 6.45) is 8.80. The molecule has 1 N–H and O–H groups in total. The number of fused-ring (bicyclic) bond motifs is 1. The van der Waals surface area contributed by atoms with Gasteiger partial charge in [0.25, 0.3) is 0 Å². The molecule has 0 saturated carbocycles. The lowest BCUT2D eigenvalue weighted by Gasteiger charge is -2.26. The van der Waals surface area contributed by atoms with Crippen molar-refractivity contribution < 1.29 is 13.2 Å². The summed E-state index contributed by atoms with van der Waals surface area (Å²) in [5.74, 6) is 0. The van der Waals surface area contributed by atoms with Crippen molar-refractivity contribution >= 4 is 23.6 Å². The molecular formula is C32H42F3N5S. The Labute approximate surface area is 246 Å². The molecule has 222 valence electrons. The van der Waals surface area contributed by atoms with Crippen LogP contribution >= 0.6 is 11.8 Å². The van der Waals surface area contributed by atoms with Crippen molar-refractivity contribution in [2.24, 2.45) is 0 Å². The van der Waals surface area contributed by atoms with Crippen molar-refractivity contribution in [3.8, 4) is 22.3 Å². The summed E-state index contributed by atoms with van der Waals surface area (Å²) in [5, 5.41) is 10.5. The van der Waals surface area contributed by atoms with E-state index < -0.39 is 11.7 Å². The molecule has 9 heteroatoms. The predicted octanol–water partition coefficient (Wildman–Crippen LogP) is 9.15. The summed E-state index contributed by atoms with van der Waals surface area (Å²) in [6.45, 7) is 9.17. The van der Waals surface area contributed by atoms with Gasteiger partial charge in [-0.25, -0.2) is 9.50 Å². The van der Waals surface area contributed by atoms with Crippen LogP contribution in [0.25, 0.3) is 27.9 Å². The largest absolute Gasteiger partial charge is 0.416 e. The molecule has 2 aromatic carbocycles. The minimum Gasteiger partial charge on any atom is -0.313 e. The highest BCUT2D eigenvalue weighted by Gasteiger charge is 2.31. The number of piperidine rings is 1. The maximum atomic E-state index is 13.4. The highest BCUT2D eigenvalue weighted by atomic mass is 32.2. The van der Waals surface area contributed by atoms with Gasteiger partial charge in [0.2, 0.25) is 0 Å². The lowest BCUT2D eigenvalue weighted by Crippen LogP contribution is -2.31. The van der Waals surface area contributed by atoms with E-state index in [-0.39, 0.29) is 7.43 Å². The molecule has 1 aliphatic rings. The highest BCUT2D eigenvalue weighted by Crippen LogP contribution is 2.36. The fourth-order valence-electron chi connectivity index (χ4n) is 4.60. The molecule has 0 aliphatic carbocycles. The second-order valence-electron chi connectivity index (χ2n) is 9.25. The third kappa shape index (κ3) is 9.16. The Bertz CT molecular complexity index is 1360. The molecule has 0 spiro atoms. The summed E-state index contributed by atoms with van der Waals surface area (Å²) in [5.41, 5.74) is 4.13. The summed E-state index contributed by atoms with van der Waals surface area (Å²) < 4.78 is 41.8. The minimum absolute atomic E-state index is 0. The zero-order valence-electron chi connectivity index (χ0n) is 23.6. The van der Waals surface area contributed by atoms with Gasteiger partial charge in [-0.05, 0) is 86.6 Å². The second-order valence-corrected chi connectivity index (χ2v) is 10.1. The van der Waals surface area contributed by atoms with Gasteiger partial charge in [0, 0.05) is 35.0 Å². The van der Waals surface area contributed by atoms with E-state index >= 15 is 0 Å². The van der Waals surface area contributed by atoms with Crippen molar-refractivity contribution in [1.82, 2.24) is 19.5 Å². The number of thioether (sulfide) groups is 1. The fraction of sp³-hybridized carbons (Fsp3) is 0.406. The van der Waals surface area contributed by atoms with Gasteiger partial charge in [0.15, 0.2) is 5.65 Å². The van der Waals surface area contributed by atoms with E-state index in [4.69, 9.17) is 5.41 Å². The van der Waals surface area contributed by atoms with Crippen LogP contribution in [0.1, 0.15) is 58.6 Å². The van der Waals surface area contributed by atoms with E-state index in [1.165, 1.54) is 62.0 Å². The van der Waals surface area contributed by atoms with Crippen LogP contribution in [-0.2, 0) is 12.6 Å². The van der Waals surface area contributed by atoms with Crippen LogP contribution in [-0.4, -0.2) is 51.6 Å². The van der Waals surface area contributed by atoms with Crippen molar-refractivity contribution in [3.63, 3.8) is 0 Å². The average molecular weight is 586 g/mol. The van der Waals surface area contributed by atoms with Crippen LogP contribution in [0.15, 0.2) is 66.0 Å². The number of alkyl halides is 3. The third-order valence-corrected chi connectivity index (χ3v) is 7.30. The standard InChI is InChI=1S/C27H27F3N4S.C2H5N.C2H6.CH4/c1-35-24-14-21(13-23(15-24)27(28,29)30)25-17-32-34-18-22(16-31-26(25)34)20-7-5-19(6-8-20)9-12-33-10-3-2-4-11-33;1-2-3;1-2;/h5-8,13-18H,2-4,9-12H2,1H3;2-3H,1H3;1-2H3;1H4. The van der Waals surface area contributed by atoms with Gasteiger partial charge in [0.1, 0.15) is 0 Å². The molecule has 0 amide bonds. The lowest BCUT2D eigenvalue weighted by molar-refractivity contribution is -0.137. The van der Waals surface area contributed by atoms with E-state index in [0.29, 0.717) is 21.7 Å². The Balaban J connectivity index is 0.000000921. The first-order chi connectivity index (χ1) is 19.3. The summed E-state index contributed by atoms with van der Waals surface area (Å²) in [4.78, 5) is 7.65. The molecule has 1 aliphatic heterocycles. The van der Waals surface area contributed by atoms with E-state index in [1.807, 2.05) is 20.0 Å². The Hall–Kier alpha value is -3.17. The van der Waals surface area contributed by atoms with Gasteiger partial charge < -0.3 is 10.3 Å². The van der Waals surface area contributed by atoms with Gasteiger partial charge in [-0.1, -0.05) is 52.0 Å². The molecule has 41 heavy (non-hydrogen) atoms. The maximum absolute atomic E-state index is 13.4. The number of nitrogens with zero attached hydrogens (tertiary/aromatic N) is 4. The third-order valence-electron chi connectivity index (χ3n) is 6.59. The summed E-state index contributed by atoms with van der Waals surface area (Å²) >= 11 is 1.28. The van der Waals surface area contributed by atoms with Crippen LogP contribution in [0.5, 0.6) is 0 Å². The monoisotopic (exact) mass is 585 g/mol. The van der Waals surface area contributed by atoms with Crippen LogP contribution in [0.4, 0.5) is 13.2 Å². The maximum Gasteiger partial charge on any atom is 0.416 e. The van der Waals surface area contributed by atoms with Crippen molar-refractivity contribution in [1.29, 1.82) is 5.41 Å². The van der Waals surface area contributed by atoms with Crippen LogP contribution in [0.3, 0.4) is 0 Å². The zero-order valence-corrected chi connectivity index (χ0v) is 24.4. The first-order valence-corrected chi connectivity index (χ1v) is 14.9. The van der Waals surface area contributed by atoms with Gasteiger partial charge in [-0.3, -0.25) is 0 Å². The summed E-state index contributed by atoms with van der Waals surface area (Å²) in [6, 6.07) is 12.6. The zero-order chi connectivity index (χ0) is 29.1. The Morgan fingerprint density at radius 2 is 1.61 bits per heavy atom. The number of hydrogen-bond donors (Lipinski definition) is 1. The number of hydrogen-bond acceptors (Lipinski definition) is 5. The van der Waals surface area contributed by atoms with E-state index in [0.717, 1.165) is 30.2 Å². The number of likely N-dealkylation sites (tertiary alicyclic amines) is 1. The van der Waals surface area contributed by atoms with E-state index in [2.05, 4.69) is 39.2 Å². The van der Waals surface area contributed by atoms with E-state index in [9.17, 15) is 13.2 Å². The first kappa shape index (κ1) is 34.0. The van der Waals surface area contributed by atoms with Crippen LogP contribution < -0.4 is 0 Å². The van der Waals surface area contributed by atoms with Crippen LogP contribution in [0, 0.1) is 5.41 Å². The molecule has 5 nitrogen and oxygen atoms in total. The van der Waals surface area contributed by atoms with Crippen molar-refractivity contribution in [2.45, 2.75) is 65.0 Å². The first-order valence-electron chi connectivity index (χ1n) is 13.7. The molecule has 0 unspecified atom stereocenters. The Morgan fingerprint density at radius 1 is 0.951 bits per heavy atom. The smallest absolute Gasteiger partial charge is 0.313 e. The molecule has 1 saturated heterocycles. The Morgan fingerprint density at radius 3 is 2.22 bits per heavy atom. The topological polar surface area (TPSA) is 57.3 Å². The van der Waals surface area contributed by atoms with Crippen molar-refractivity contribution in [2.75, 3.05) is 25.9 Å². The average Bonchev–Trinajstić information content (AvgIpc) is 3.41. The molecular weight excluding hydrogens is 543 g/mol. The van der Waals surface area contributed by atoms with Gasteiger partial charge >= 0.3 is 6.18 Å². The molecule has 0 radical (unpaired) electrons. The number of benzene rings is 2. The number of nitrogens with one attached hydrogen (secondary N) is 1. The van der Waals surface area contributed by atoms with Crippen LogP contribution in [0.2, 0.25) is 0 Å². The van der Waals surface area contributed by atoms with Gasteiger partial charge in [-0.2, -0.15) is 18.3 Å². The fourth-order valence-corrected chi connectivity index (χ4v) is 5.09. The molecule has 0 bridgehead atoms.